The lowest BCUT2D eigenvalue weighted by Gasteiger charge is -2.43. The Kier molecular flexibility index (Phi) is 3.76. The summed E-state index contributed by atoms with van der Waals surface area (Å²) in [6.45, 7) is 5.17. The molecular formula is C17H21BrFNO2. The summed E-state index contributed by atoms with van der Waals surface area (Å²) in [5.41, 5.74) is -0.728. The largest absolute Gasteiger partial charge is 0.388 e. The van der Waals surface area contributed by atoms with Crippen molar-refractivity contribution in [3.05, 3.63) is 45.2 Å². The molecule has 2 N–H and O–H groups in total. The number of fused-ring (bicyclic) bond motifs is 1. The van der Waals surface area contributed by atoms with Gasteiger partial charge in [0.05, 0.1) is 6.10 Å². The number of likely N-dealkylation sites (N-methyl/N-ethyl adjacent to an activating group) is 1. The maximum Gasteiger partial charge on any atom is 0.129 e. The van der Waals surface area contributed by atoms with E-state index >= 15 is 0 Å². The molecule has 3 nitrogen and oxygen atoms in total. The first-order chi connectivity index (χ1) is 10.2. The second-order valence-electron chi connectivity index (χ2n) is 6.89. The number of aliphatic hydroxyl groups is 2. The molecule has 0 saturated heterocycles. The molecule has 0 bridgehead atoms. The third-order valence-electron chi connectivity index (χ3n) is 5.27. The summed E-state index contributed by atoms with van der Waals surface area (Å²) >= 11 is 3.44. The molecule has 2 unspecified atom stereocenters. The van der Waals surface area contributed by atoms with Gasteiger partial charge in [0.25, 0.3) is 0 Å². The molecule has 120 valence electrons. The summed E-state index contributed by atoms with van der Waals surface area (Å²) in [5.74, 6) is -0.469. The summed E-state index contributed by atoms with van der Waals surface area (Å²) in [6, 6.07) is 2.93. The van der Waals surface area contributed by atoms with Crippen LogP contribution in [0, 0.1) is 11.2 Å². The molecule has 5 heteroatoms. The van der Waals surface area contributed by atoms with E-state index in [0.29, 0.717) is 16.5 Å². The van der Waals surface area contributed by atoms with E-state index in [-0.39, 0.29) is 5.56 Å². The van der Waals surface area contributed by atoms with Crippen LogP contribution in [0.25, 0.3) is 0 Å². The van der Waals surface area contributed by atoms with Gasteiger partial charge in [0.1, 0.15) is 11.4 Å². The highest BCUT2D eigenvalue weighted by atomic mass is 79.9. The number of aliphatic hydroxyl groups excluding tert-OH is 1. The van der Waals surface area contributed by atoms with Crippen LogP contribution in [0.1, 0.15) is 37.5 Å². The van der Waals surface area contributed by atoms with Gasteiger partial charge in [-0.25, -0.2) is 4.39 Å². The van der Waals surface area contributed by atoms with E-state index in [4.69, 9.17) is 0 Å². The van der Waals surface area contributed by atoms with E-state index in [1.807, 2.05) is 13.1 Å². The van der Waals surface area contributed by atoms with Gasteiger partial charge in [0, 0.05) is 34.1 Å². The van der Waals surface area contributed by atoms with Crippen molar-refractivity contribution in [1.29, 1.82) is 0 Å². The number of hydrogen-bond acceptors (Lipinski definition) is 3. The fourth-order valence-corrected chi connectivity index (χ4v) is 4.39. The summed E-state index contributed by atoms with van der Waals surface area (Å²) in [4.78, 5) is 2.16. The van der Waals surface area contributed by atoms with Gasteiger partial charge in [-0.1, -0.05) is 35.9 Å². The molecule has 22 heavy (non-hydrogen) atoms. The van der Waals surface area contributed by atoms with E-state index < -0.39 is 22.9 Å². The van der Waals surface area contributed by atoms with Crippen LogP contribution in [0.5, 0.6) is 0 Å². The monoisotopic (exact) mass is 369 g/mol. The number of hydrogen-bond donors (Lipinski definition) is 2. The van der Waals surface area contributed by atoms with E-state index in [9.17, 15) is 14.6 Å². The minimum absolute atomic E-state index is 0.210. The topological polar surface area (TPSA) is 43.7 Å². The van der Waals surface area contributed by atoms with Gasteiger partial charge in [-0.2, -0.15) is 0 Å². The number of benzene rings is 1. The van der Waals surface area contributed by atoms with Crippen molar-refractivity contribution in [2.45, 2.75) is 32.0 Å². The van der Waals surface area contributed by atoms with Gasteiger partial charge in [0.15, 0.2) is 0 Å². The Labute approximate surface area is 138 Å². The van der Waals surface area contributed by atoms with Crippen molar-refractivity contribution in [1.82, 2.24) is 4.90 Å². The van der Waals surface area contributed by atoms with Crippen molar-refractivity contribution in [2.24, 2.45) is 5.41 Å². The molecule has 0 fully saturated rings. The third-order valence-corrected chi connectivity index (χ3v) is 5.93. The van der Waals surface area contributed by atoms with Crippen LogP contribution in [-0.4, -0.2) is 35.3 Å². The predicted octanol–water partition coefficient (Wildman–Crippen LogP) is 3.11. The molecule has 1 aliphatic carbocycles. The molecule has 0 radical (unpaired) electrons. The van der Waals surface area contributed by atoms with Crippen molar-refractivity contribution in [3.8, 4) is 0 Å². The third kappa shape index (κ3) is 1.96. The smallest absolute Gasteiger partial charge is 0.129 e. The van der Waals surface area contributed by atoms with E-state index in [0.717, 1.165) is 18.7 Å². The normalized spacial score (nSPS) is 31.0. The maximum absolute atomic E-state index is 14.3. The first-order valence-electron chi connectivity index (χ1n) is 7.48. The van der Waals surface area contributed by atoms with Gasteiger partial charge < -0.3 is 15.1 Å². The highest BCUT2D eigenvalue weighted by Crippen LogP contribution is 2.62. The molecule has 0 aromatic heterocycles. The lowest BCUT2D eigenvalue weighted by atomic mass is 9.68. The SMILES string of the molecule is CN1CC=C(C2(O)c3c(Br)ccc(F)c3C(O)C2(C)C)CC1. The van der Waals surface area contributed by atoms with Gasteiger partial charge >= 0.3 is 0 Å². The first-order valence-corrected chi connectivity index (χ1v) is 8.27. The Balaban J connectivity index is 2.26. The lowest BCUT2D eigenvalue weighted by molar-refractivity contribution is -0.0908. The average molecular weight is 370 g/mol. The molecule has 1 aromatic carbocycles. The minimum atomic E-state index is -1.37. The Hall–Kier alpha value is -0.750. The Morgan fingerprint density at radius 2 is 2.05 bits per heavy atom. The summed E-state index contributed by atoms with van der Waals surface area (Å²) in [5, 5.41) is 22.3. The first kappa shape index (κ1) is 16.1. The Morgan fingerprint density at radius 1 is 1.36 bits per heavy atom. The number of halogens is 2. The minimum Gasteiger partial charge on any atom is -0.388 e. The molecule has 2 aliphatic rings. The molecule has 2 atom stereocenters. The van der Waals surface area contributed by atoms with Crippen molar-refractivity contribution < 1.29 is 14.6 Å². The Morgan fingerprint density at radius 3 is 2.64 bits per heavy atom. The molecule has 0 saturated carbocycles. The lowest BCUT2D eigenvalue weighted by Crippen LogP contribution is -2.44. The molecule has 1 heterocycles. The van der Waals surface area contributed by atoms with Gasteiger partial charge in [-0.05, 0) is 31.2 Å². The van der Waals surface area contributed by atoms with Gasteiger partial charge in [0.2, 0.25) is 0 Å². The standard InChI is InChI=1S/C17H21BrFNO2/c1-16(2)15(21)13-12(19)5-4-11(18)14(13)17(16,22)10-6-8-20(3)9-7-10/h4-6,15,21-22H,7-9H2,1-3H3. The van der Waals surface area contributed by atoms with Crippen LogP contribution >= 0.6 is 15.9 Å². The van der Waals surface area contributed by atoms with Crippen molar-refractivity contribution in [2.75, 3.05) is 20.1 Å². The zero-order chi connectivity index (χ0) is 16.3. The maximum atomic E-state index is 14.3. The van der Waals surface area contributed by atoms with Crippen LogP contribution < -0.4 is 0 Å². The van der Waals surface area contributed by atoms with Crippen LogP contribution in [-0.2, 0) is 5.60 Å². The zero-order valence-corrected chi connectivity index (χ0v) is 14.6. The van der Waals surface area contributed by atoms with Gasteiger partial charge in [-0.3, -0.25) is 0 Å². The van der Waals surface area contributed by atoms with Crippen LogP contribution in [0.3, 0.4) is 0 Å². The van der Waals surface area contributed by atoms with E-state index in [1.54, 1.807) is 19.9 Å². The molecule has 1 aromatic rings. The molecular weight excluding hydrogens is 349 g/mol. The second-order valence-corrected chi connectivity index (χ2v) is 7.75. The summed E-state index contributed by atoms with van der Waals surface area (Å²) in [7, 11) is 2.02. The number of rotatable bonds is 1. The van der Waals surface area contributed by atoms with Crippen molar-refractivity contribution >= 4 is 15.9 Å². The average Bonchev–Trinajstić information content (AvgIpc) is 2.63. The van der Waals surface area contributed by atoms with E-state index in [2.05, 4.69) is 20.8 Å². The molecule has 3 rings (SSSR count). The van der Waals surface area contributed by atoms with Gasteiger partial charge in [-0.15, -0.1) is 0 Å². The zero-order valence-electron chi connectivity index (χ0n) is 13.0. The van der Waals surface area contributed by atoms with Crippen molar-refractivity contribution in [3.63, 3.8) is 0 Å². The highest BCUT2D eigenvalue weighted by molar-refractivity contribution is 9.10. The Bertz CT molecular complexity index is 658. The summed E-state index contributed by atoms with van der Waals surface area (Å²) < 4.78 is 15.0. The predicted molar refractivity (Wildman–Crippen MR) is 86.9 cm³/mol. The van der Waals surface area contributed by atoms with Crippen LogP contribution in [0.15, 0.2) is 28.3 Å². The molecule has 1 aliphatic heterocycles. The van der Waals surface area contributed by atoms with Crippen LogP contribution in [0.4, 0.5) is 4.39 Å². The summed E-state index contributed by atoms with van der Waals surface area (Å²) in [6.07, 6.45) is 1.65. The highest BCUT2D eigenvalue weighted by Gasteiger charge is 2.60. The number of nitrogens with zero attached hydrogens (tertiary/aromatic N) is 1. The second kappa shape index (κ2) is 5.13. The molecule has 0 spiro atoms. The fourth-order valence-electron chi connectivity index (χ4n) is 3.76. The fraction of sp³-hybridized carbons (Fsp3) is 0.529. The van der Waals surface area contributed by atoms with E-state index in [1.165, 1.54) is 6.07 Å². The molecule has 0 amide bonds. The quantitative estimate of drug-likeness (QED) is 0.747. The van der Waals surface area contributed by atoms with Crippen LogP contribution in [0.2, 0.25) is 0 Å².